The molecule has 21 heavy (non-hydrogen) atoms. The second kappa shape index (κ2) is 9.79. The first-order valence-electron chi connectivity index (χ1n) is 6.73. The first-order valence-corrected chi connectivity index (χ1v) is 6.73. The molecule has 0 heterocycles. The van der Waals surface area contributed by atoms with Gasteiger partial charge in [0.15, 0.2) is 0 Å². The second-order valence-electron chi connectivity index (χ2n) is 5.04. The summed E-state index contributed by atoms with van der Waals surface area (Å²) in [5, 5.41) is 2.54. The molecule has 0 bridgehead atoms. The minimum Gasteiger partial charge on any atom is -0.463 e. The number of alkyl carbamates (subject to hydrolysis) is 1. The molecule has 0 aromatic carbocycles. The molecule has 0 unspecified atom stereocenters. The van der Waals surface area contributed by atoms with Crippen LogP contribution in [-0.2, 0) is 23.8 Å². The van der Waals surface area contributed by atoms with Gasteiger partial charge in [-0.3, -0.25) is 0 Å². The Morgan fingerprint density at radius 3 is 2.14 bits per heavy atom. The zero-order valence-electron chi connectivity index (χ0n) is 12.9. The van der Waals surface area contributed by atoms with E-state index >= 15 is 0 Å². The number of nitrogens with one attached hydrogen (secondary N) is 1. The van der Waals surface area contributed by atoms with Crippen LogP contribution >= 0.6 is 0 Å². The average molecular weight is 301 g/mol. The summed E-state index contributed by atoms with van der Waals surface area (Å²) < 4.78 is 14.5. The highest BCUT2D eigenvalue weighted by molar-refractivity contribution is 5.91. The molecular formula is C14H23NO6. The third-order valence-corrected chi connectivity index (χ3v) is 1.88. The highest BCUT2D eigenvalue weighted by Gasteiger charge is 2.15. The van der Waals surface area contributed by atoms with Crippen LogP contribution in [0.5, 0.6) is 0 Å². The Morgan fingerprint density at radius 2 is 1.62 bits per heavy atom. The molecule has 0 aliphatic rings. The van der Waals surface area contributed by atoms with Crippen LogP contribution in [0, 0.1) is 0 Å². The van der Waals surface area contributed by atoms with E-state index in [1.807, 2.05) is 0 Å². The first kappa shape index (κ1) is 18.9. The van der Waals surface area contributed by atoms with Gasteiger partial charge in [0.25, 0.3) is 0 Å². The van der Waals surface area contributed by atoms with Crippen molar-refractivity contribution in [2.75, 3.05) is 19.8 Å². The summed E-state index contributed by atoms with van der Waals surface area (Å²) in [4.78, 5) is 33.4. The smallest absolute Gasteiger partial charge is 0.407 e. The molecule has 0 atom stereocenters. The Kier molecular flexibility index (Phi) is 8.84. The summed E-state index contributed by atoms with van der Waals surface area (Å²) >= 11 is 0. The SMILES string of the molecule is CCOC(=O)/C=C/C(=O)OCCCNC(=O)OC(C)(C)C. The first-order chi connectivity index (χ1) is 9.74. The summed E-state index contributed by atoms with van der Waals surface area (Å²) in [5.41, 5.74) is -0.547. The summed E-state index contributed by atoms with van der Waals surface area (Å²) in [5.74, 6) is -1.23. The fourth-order valence-corrected chi connectivity index (χ4v) is 1.12. The van der Waals surface area contributed by atoms with Gasteiger partial charge in [-0.15, -0.1) is 0 Å². The predicted octanol–water partition coefficient (Wildman–Crippen LogP) is 1.56. The molecular weight excluding hydrogens is 278 g/mol. The Labute approximate surface area is 124 Å². The van der Waals surface area contributed by atoms with Gasteiger partial charge < -0.3 is 19.5 Å². The van der Waals surface area contributed by atoms with Crippen molar-refractivity contribution in [3.8, 4) is 0 Å². The normalized spacial score (nSPS) is 11.0. The monoisotopic (exact) mass is 301 g/mol. The molecule has 0 aromatic rings. The lowest BCUT2D eigenvalue weighted by Crippen LogP contribution is -2.33. The van der Waals surface area contributed by atoms with Crippen LogP contribution in [0.1, 0.15) is 34.1 Å². The van der Waals surface area contributed by atoms with E-state index in [4.69, 9.17) is 9.47 Å². The number of hydrogen-bond acceptors (Lipinski definition) is 6. The van der Waals surface area contributed by atoms with Crippen LogP contribution in [0.15, 0.2) is 12.2 Å². The summed E-state index contributed by atoms with van der Waals surface area (Å²) in [7, 11) is 0. The van der Waals surface area contributed by atoms with E-state index in [0.717, 1.165) is 12.2 Å². The highest BCUT2D eigenvalue weighted by atomic mass is 16.6. The molecule has 7 heteroatoms. The minimum atomic E-state index is -0.639. The van der Waals surface area contributed by atoms with Gasteiger partial charge in [0.2, 0.25) is 0 Å². The van der Waals surface area contributed by atoms with Crippen LogP contribution < -0.4 is 5.32 Å². The summed E-state index contributed by atoms with van der Waals surface area (Å²) in [6, 6.07) is 0. The number of carbonyl (C=O) groups is 3. The molecule has 0 saturated carbocycles. The maximum Gasteiger partial charge on any atom is 0.407 e. The van der Waals surface area contributed by atoms with E-state index in [1.165, 1.54) is 0 Å². The van der Waals surface area contributed by atoms with Crippen molar-refractivity contribution < 1.29 is 28.6 Å². The predicted molar refractivity (Wildman–Crippen MR) is 75.6 cm³/mol. The standard InChI is InChI=1S/C14H23NO6/c1-5-19-11(16)7-8-12(17)20-10-6-9-15-13(18)21-14(2,3)4/h7-8H,5-6,9-10H2,1-4H3,(H,15,18)/b8-7+. The molecule has 0 rings (SSSR count). The Balaban J connectivity index is 3.70. The molecule has 120 valence electrons. The lowest BCUT2D eigenvalue weighted by molar-refractivity contribution is -0.140. The molecule has 1 N–H and O–H groups in total. The highest BCUT2D eigenvalue weighted by Crippen LogP contribution is 2.06. The molecule has 0 radical (unpaired) electrons. The molecule has 0 fully saturated rings. The Hall–Kier alpha value is -2.05. The molecule has 0 aromatic heterocycles. The number of carbonyl (C=O) groups excluding carboxylic acids is 3. The van der Waals surface area contributed by atoms with E-state index in [2.05, 4.69) is 10.1 Å². The maximum atomic E-state index is 11.3. The third kappa shape index (κ3) is 12.7. The van der Waals surface area contributed by atoms with E-state index in [9.17, 15) is 14.4 Å². The number of ether oxygens (including phenoxy) is 3. The lowest BCUT2D eigenvalue weighted by atomic mass is 10.2. The number of rotatable bonds is 7. The topological polar surface area (TPSA) is 90.9 Å². The molecule has 0 saturated heterocycles. The zero-order valence-corrected chi connectivity index (χ0v) is 12.9. The molecule has 0 spiro atoms. The number of amides is 1. The molecule has 0 aliphatic carbocycles. The molecule has 7 nitrogen and oxygen atoms in total. The van der Waals surface area contributed by atoms with Crippen LogP contribution in [0.4, 0.5) is 4.79 Å². The van der Waals surface area contributed by atoms with Gasteiger partial charge in [-0.1, -0.05) is 0 Å². The molecule has 1 amide bonds. The van der Waals surface area contributed by atoms with Gasteiger partial charge in [0.05, 0.1) is 13.2 Å². The maximum absolute atomic E-state index is 11.3. The summed E-state index contributed by atoms with van der Waals surface area (Å²) in [6.45, 7) is 7.67. The number of esters is 2. The quantitative estimate of drug-likeness (QED) is 0.332. The largest absolute Gasteiger partial charge is 0.463 e. The van der Waals surface area contributed by atoms with Crippen molar-refractivity contribution in [2.45, 2.75) is 39.7 Å². The van der Waals surface area contributed by atoms with Crippen molar-refractivity contribution in [3.05, 3.63) is 12.2 Å². The van der Waals surface area contributed by atoms with Crippen LogP contribution in [-0.4, -0.2) is 43.4 Å². The van der Waals surface area contributed by atoms with E-state index in [-0.39, 0.29) is 13.2 Å². The van der Waals surface area contributed by atoms with Gasteiger partial charge in [-0.2, -0.15) is 0 Å². The van der Waals surface area contributed by atoms with Crippen molar-refractivity contribution >= 4 is 18.0 Å². The van der Waals surface area contributed by atoms with Crippen LogP contribution in [0.25, 0.3) is 0 Å². The Morgan fingerprint density at radius 1 is 1.05 bits per heavy atom. The van der Waals surface area contributed by atoms with Gasteiger partial charge in [0, 0.05) is 18.7 Å². The average Bonchev–Trinajstić information content (AvgIpc) is 2.34. The van der Waals surface area contributed by atoms with Gasteiger partial charge in [-0.05, 0) is 34.1 Å². The Bertz CT molecular complexity index is 383. The fraction of sp³-hybridized carbons (Fsp3) is 0.643. The minimum absolute atomic E-state index is 0.127. The fourth-order valence-electron chi connectivity index (χ4n) is 1.12. The molecule has 0 aliphatic heterocycles. The van der Waals surface area contributed by atoms with Crippen molar-refractivity contribution in [2.24, 2.45) is 0 Å². The van der Waals surface area contributed by atoms with Crippen LogP contribution in [0.3, 0.4) is 0 Å². The summed E-state index contributed by atoms with van der Waals surface area (Å²) in [6.07, 6.45) is 1.93. The van der Waals surface area contributed by atoms with Crippen LogP contribution in [0.2, 0.25) is 0 Å². The zero-order chi connectivity index (χ0) is 16.3. The second-order valence-corrected chi connectivity index (χ2v) is 5.04. The van der Waals surface area contributed by atoms with Gasteiger partial charge in [0.1, 0.15) is 5.60 Å². The van der Waals surface area contributed by atoms with E-state index in [0.29, 0.717) is 13.0 Å². The number of hydrogen-bond donors (Lipinski definition) is 1. The van der Waals surface area contributed by atoms with Gasteiger partial charge in [-0.25, -0.2) is 14.4 Å². The van der Waals surface area contributed by atoms with Gasteiger partial charge >= 0.3 is 18.0 Å². The lowest BCUT2D eigenvalue weighted by Gasteiger charge is -2.19. The third-order valence-electron chi connectivity index (χ3n) is 1.88. The van der Waals surface area contributed by atoms with Crippen molar-refractivity contribution in [1.29, 1.82) is 0 Å². The van der Waals surface area contributed by atoms with Crippen molar-refractivity contribution in [1.82, 2.24) is 5.32 Å². The van der Waals surface area contributed by atoms with E-state index in [1.54, 1.807) is 27.7 Å². The van der Waals surface area contributed by atoms with E-state index < -0.39 is 23.6 Å². The van der Waals surface area contributed by atoms with Crippen molar-refractivity contribution in [3.63, 3.8) is 0 Å².